The van der Waals surface area contributed by atoms with Gasteiger partial charge in [0.05, 0.1) is 17.2 Å². The summed E-state index contributed by atoms with van der Waals surface area (Å²) in [6, 6.07) is 8.74. The zero-order valence-corrected chi connectivity index (χ0v) is 23.5. The van der Waals surface area contributed by atoms with Crippen molar-refractivity contribution in [1.29, 1.82) is 0 Å². The first kappa shape index (κ1) is 29.0. The monoisotopic (exact) mass is 570 g/mol. The van der Waals surface area contributed by atoms with Gasteiger partial charge in [0, 0.05) is 35.4 Å². The van der Waals surface area contributed by atoms with Crippen LogP contribution in [0, 0.1) is 0 Å². The van der Waals surface area contributed by atoms with Gasteiger partial charge in [-0.25, -0.2) is 13.2 Å². The van der Waals surface area contributed by atoms with Gasteiger partial charge in [-0.1, -0.05) is 36.5 Å². The summed E-state index contributed by atoms with van der Waals surface area (Å²) in [6.07, 6.45) is 2.05. The topological polar surface area (TPSA) is 99.3 Å². The molecule has 3 rings (SSSR count). The average molecular weight is 572 g/mol. The summed E-state index contributed by atoms with van der Waals surface area (Å²) < 4.78 is 33.6. The molecule has 0 saturated carbocycles. The van der Waals surface area contributed by atoms with Crippen molar-refractivity contribution in [2.45, 2.75) is 31.1 Å². The second-order valence-electron chi connectivity index (χ2n) is 8.94. The zero-order chi connectivity index (χ0) is 27.2. The van der Waals surface area contributed by atoms with Gasteiger partial charge in [0.25, 0.3) is 10.0 Å². The van der Waals surface area contributed by atoms with E-state index in [-0.39, 0.29) is 33.3 Å². The van der Waals surface area contributed by atoms with Crippen molar-refractivity contribution in [3.05, 3.63) is 52.0 Å². The molecule has 0 atom stereocenters. The molecule has 0 aliphatic carbocycles. The van der Waals surface area contributed by atoms with Crippen LogP contribution in [0.5, 0.6) is 0 Å². The number of hydrogen-bond acceptors (Lipinski definition) is 6. The van der Waals surface area contributed by atoms with Crippen LogP contribution >= 0.6 is 23.2 Å². The van der Waals surface area contributed by atoms with Crippen molar-refractivity contribution >= 4 is 56.6 Å². The number of amides is 2. The first-order valence-electron chi connectivity index (χ1n) is 12.0. The predicted octanol–water partition coefficient (Wildman–Crippen LogP) is 4.17. The van der Waals surface area contributed by atoms with E-state index in [1.54, 1.807) is 23.1 Å². The van der Waals surface area contributed by atoms with E-state index in [4.69, 9.17) is 27.9 Å². The number of urea groups is 1. The summed E-state index contributed by atoms with van der Waals surface area (Å²) >= 11 is 12.1. The number of halogens is 2. The minimum absolute atomic E-state index is 0.145. The quantitative estimate of drug-likeness (QED) is 0.321. The van der Waals surface area contributed by atoms with Crippen molar-refractivity contribution < 1.29 is 22.7 Å². The molecule has 1 aliphatic rings. The first-order chi connectivity index (χ1) is 17.5. The van der Waals surface area contributed by atoms with Crippen LogP contribution in [0.3, 0.4) is 0 Å². The van der Waals surface area contributed by atoms with E-state index in [1.165, 1.54) is 18.2 Å². The van der Waals surface area contributed by atoms with Crippen LogP contribution in [0.4, 0.5) is 16.2 Å². The van der Waals surface area contributed by atoms with E-state index >= 15 is 0 Å². The van der Waals surface area contributed by atoms with Crippen LogP contribution in [0.15, 0.2) is 41.3 Å². The number of likely N-dealkylation sites (N-methyl/N-ethyl adjacent to an activating group) is 1. The van der Waals surface area contributed by atoms with E-state index < -0.39 is 22.5 Å². The van der Waals surface area contributed by atoms with Crippen LogP contribution in [0.25, 0.3) is 0 Å². The Morgan fingerprint density at radius 2 is 1.81 bits per heavy atom. The number of carbonyl (C=O) groups is 2. The number of nitrogens with one attached hydrogen (secondary N) is 1. The maximum Gasteiger partial charge on any atom is 0.326 e. The maximum atomic E-state index is 13.7. The van der Waals surface area contributed by atoms with Gasteiger partial charge in [0.2, 0.25) is 0 Å². The van der Waals surface area contributed by atoms with Crippen molar-refractivity contribution in [3.8, 4) is 0 Å². The average Bonchev–Trinajstić information content (AvgIpc) is 3.25. The van der Waals surface area contributed by atoms with Crippen LogP contribution in [-0.4, -0.2) is 72.2 Å². The highest BCUT2D eigenvalue weighted by Gasteiger charge is 2.31. The molecule has 0 fully saturated rings. The number of benzene rings is 2. The molecule has 0 aromatic heterocycles. The van der Waals surface area contributed by atoms with Crippen molar-refractivity contribution in [2.24, 2.45) is 0 Å². The van der Waals surface area contributed by atoms with Gasteiger partial charge in [-0.3, -0.25) is 14.0 Å². The highest BCUT2D eigenvalue weighted by molar-refractivity contribution is 7.92. The summed E-state index contributed by atoms with van der Waals surface area (Å²) in [5.41, 5.74) is 1.76. The van der Waals surface area contributed by atoms with Gasteiger partial charge in [-0.2, -0.15) is 0 Å². The molecule has 1 N–H and O–H groups in total. The highest BCUT2D eigenvalue weighted by atomic mass is 35.5. The van der Waals surface area contributed by atoms with Crippen LogP contribution < -0.4 is 14.5 Å². The number of nitrogens with zero attached hydrogens (tertiary/aromatic N) is 3. The predicted molar refractivity (Wildman–Crippen MR) is 146 cm³/mol. The molecule has 2 aromatic carbocycles. The third-order valence-electron chi connectivity index (χ3n) is 5.78. The number of esters is 1. The highest BCUT2D eigenvalue weighted by Crippen LogP contribution is 2.34. The molecule has 0 spiro atoms. The Bertz CT molecular complexity index is 1220. The van der Waals surface area contributed by atoms with E-state index in [0.717, 1.165) is 16.3 Å². The summed E-state index contributed by atoms with van der Waals surface area (Å²) in [5.74, 6) is -0.674. The van der Waals surface area contributed by atoms with Crippen LogP contribution in [0.2, 0.25) is 10.0 Å². The lowest BCUT2D eigenvalue weighted by molar-refractivity contribution is -0.141. The van der Waals surface area contributed by atoms with Crippen LogP contribution in [-0.2, 0) is 26.0 Å². The Balaban J connectivity index is 1.91. The number of anilines is 2. The molecule has 9 nitrogen and oxygen atoms in total. The first-order valence-corrected chi connectivity index (χ1v) is 14.2. The van der Waals surface area contributed by atoms with E-state index in [9.17, 15) is 18.0 Å². The lowest BCUT2D eigenvalue weighted by atomic mass is 10.1. The Kier molecular flexibility index (Phi) is 10.1. The SMILES string of the molecule is CCCCOC(=O)CN(c1ccc2c(c1)CCN2C(=O)NCCN(C)C)S(=O)(=O)c1cc(Cl)cc(Cl)c1. The van der Waals surface area contributed by atoms with Gasteiger partial charge in [0.15, 0.2) is 0 Å². The molecule has 1 aliphatic heterocycles. The second kappa shape index (κ2) is 12.8. The molecule has 12 heteroatoms. The molecule has 0 saturated heterocycles. The van der Waals surface area contributed by atoms with Gasteiger partial charge in [-0.15, -0.1) is 0 Å². The number of ether oxygens (including phenoxy) is 1. The number of unbranched alkanes of at least 4 members (excludes halogenated alkanes) is 1. The summed E-state index contributed by atoms with van der Waals surface area (Å²) in [5, 5.41) is 3.20. The lowest BCUT2D eigenvalue weighted by Gasteiger charge is -2.25. The largest absolute Gasteiger partial charge is 0.464 e. The molecule has 37 heavy (non-hydrogen) atoms. The second-order valence-corrected chi connectivity index (χ2v) is 11.7. The third-order valence-corrected chi connectivity index (χ3v) is 7.97. The van der Waals surface area contributed by atoms with Gasteiger partial charge in [0.1, 0.15) is 6.54 Å². The van der Waals surface area contributed by atoms with Crippen molar-refractivity contribution in [1.82, 2.24) is 10.2 Å². The number of rotatable bonds is 11. The molecule has 202 valence electrons. The normalized spacial score (nSPS) is 13.0. The van der Waals surface area contributed by atoms with Gasteiger partial charge >= 0.3 is 12.0 Å². The van der Waals surface area contributed by atoms with E-state index in [2.05, 4.69) is 5.32 Å². The molecule has 0 radical (unpaired) electrons. The van der Waals surface area contributed by atoms with Gasteiger partial charge in [-0.05, 0) is 68.9 Å². The minimum atomic E-state index is -4.23. The third kappa shape index (κ3) is 7.50. The molecule has 2 amide bonds. The summed E-state index contributed by atoms with van der Waals surface area (Å²) in [4.78, 5) is 28.7. The summed E-state index contributed by atoms with van der Waals surface area (Å²) in [6.45, 7) is 3.31. The summed E-state index contributed by atoms with van der Waals surface area (Å²) in [7, 11) is -0.374. The van der Waals surface area contributed by atoms with Crippen molar-refractivity contribution in [3.63, 3.8) is 0 Å². The van der Waals surface area contributed by atoms with Crippen molar-refractivity contribution in [2.75, 3.05) is 56.1 Å². The number of hydrogen-bond donors (Lipinski definition) is 1. The Morgan fingerprint density at radius 3 is 2.46 bits per heavy atom. The molecular weight excluding hydrogens is 539 g/mol. The number of sulfonamides is 1. The molecule has 1 heterocycles. The Hall–Kier alpha value is -2.53. The standard InChI is InChI=1S/C25H32Cl2N4O5S/c1-4-5-12-36-24(32)17-31(37(34,35)22-15-19(26)14-20(27)16-22)21-6-7-23-18(13-21)8-10-30(23)25(33)28-9-11-29(2)3/h6-7,13-16H,4-5,8-12,17H2,1-3H3,(H,28,33). The zero-order valence-electron chi connectivity index (χ0n) is 21.2. The fourth-order valence-electron chi connectivity index (χ4n) is 3.85. The molecular formula is C25H32Cl2N4O5S. The minimum Gasteiger partial charge on any atom is -0.464 e. The van der Waals surface area contributed by atoms with E-state index in [0.29, 0.717) is 38.2 Å². The maximum absolute atomic E-state index is 13.7. The Morgan fingerprint density at radius 1 is 1.11 bits per heavy atom. The number of carbonyl (C=O) groups excluding carboxylic acids is 2. The molecule has 0 bridgehead atoms. The fourth-order valence-corrected chi connectivity index (χ4v) is 5.98. The number of fused-ring (bicyclic) bond motifs is 1. The molecule has 0 unspecified atom stereocenters. The Labute approximate surface area is 228 Å². The van der Waals surface area contributed by atoms with E-state index in [1.807, 2.05) is 25.9 Å². The van der Waals surface area contributed by atoms with Gasteiger partial charge < -0.3 is 15.0 Å². The molecule has 2 aromatic rings. The fraction of sp³-hybridized carbons (Fsp3) is 0.440. The van der Waals surface area contributed by atoms with Crippen LogP contribution in [0.1, 0.15) is 25.3 Å². The lowest BCUT2D eigenvalue weighted by Crippen LogP contribution is -2.41. The smallest absolute Gasteiger partial charge is 0.326 e.